The number of hydrogen-bond donors (Lipinski definition) is 2. The summed E-state index contributed by atoms with van der Waals surface area (Å²) in [6.45, 7) is 3.00. The number of benzene rings is 1. The Morgan fingerprint density at radius 2 is 2.14 bits per heavy atom. The standard InChI is InChI=1S/C19H25F3N6/c1-2-24-18(26-16-7-9-27(12-16)13-19(20,21)22)25-11-15-5-3-4-6-17(15)28-10-8-23-14-28/h3-6,8,10,14,16H,2,7,9,11-13H2,1H3,(H2,24,25,26). The van der Waals surface area contributed by atoms with Gasteiger partial charge in [-0.1, -0.05) is 18.2 Å². The molecule has 1 aromatic heterocycles. The lowest BCUT2D eigenvalue weighted by Gasteiger charge is -2.20. The first kappa shape index (κ1) is 20.2. The normalized spacial score (nSPS) is 18.4. The van der Waals surface area contributed by atoms with E-state index in [1.807, 2.05) is 42.0 Å². The van der Waals surface area contributed by atoms with Crippen molar-refractivity contribution in [3.63, 3.8) is 0 Å². The molecule has 1 fully saturated rings. The number of para-hydroxylation sites is 1. The van der Waals surface area contributed by atoms with Crippen LogP contribution in [0.3, 0.4) is 0 Å². The lowest BCUT2D eigenvalue weighted by Crippen LogP contribution is -2.45. The highest BCUT2D eigenvalue weighted by Crippen LogP contribution is 2.20. The maximum atomic E-state index is 12.6. The van der Waals surface area contributed by atoms with Crippen molar-refractivity contribution < 1.29 is 13.2 Å². The van der Waals surface area contributed by atoms with Gasteiger partial charge >= 0.3 is 6.18 Å². The fourth-order valence-electron chi connectivity index (χ4n) is 3.32. The molecular formula is C19H25F3N6. The molecule has 1 saturated heterocycles. The number of guanidine groups is 1. The van der Waals surface area contributed by atoms with Gasteiger partial charge in [0, 0.05) is 38.1 Å². The van der Waals surface area contributed by atoms with E-state index in [1.165, 1.54) is 4.90 Å². The summed E-state index contributed by atoms with van der Waals surface area (Å²) >= 11 is 0. The minimum absolute atomic E-state index is 0.0518. The van der Waals surface area contributed by atoms with E-state index in [0.29, 0.717) is 38.6 Å². The van der Waals surface area contributed by atoms with E-state index in [1.54, 1.807) is 12.5 Å². The summed E-state index contributed by atoms with van der Waals surface area (Å²) in [5, 5.41) is 6.44. The summed E-state index contributed by atoms with van der Waals surface area (Å²) in [7, 11) is 0. The molecular weight excluding hydrogens is 369 g/mol. The molecule has 0 radical (unpaired) electrons. The van der Waals surface area contributed by atoms with Crippen LogP contribution < -0.4 is 10.6 Å². The predicted molar refractivity (Wildman–Crippen MR) is 102 cm³/mol. The van der Waals surface area contributed by atoms with E-state index in [2.05, 4.69) is 20.6 Å². The highest BCUT2D eigenvalue weighted by atomic mass is 19.4. The lowest BCUT2D eigenvalue weighted by molar-refractivity contribution is -0.143. The molecule has 2 heterocycles. The Kier molecular flexibility index (Phi) is 6.56. The van der Waals surface area contributed by atoms with Crippen LogP contribution in [0.4, 0.5) is 13.2 Å². The molecule has 2 aromatic rings. The fraction of sp³-hybridized carbons (Fsp3) is 0.474. The van der Waals surface area contributed by atoms with E-state index < -0.39 is 12.7 Å². The van der Waals surface area contributed by atoms with Crippen molar-refractivity contribution in [2.75, 3.05) is 26.2 Å². The van der Waals surface area contributed by atoms with Crippen molar-refractivity contribution in [2.45, 2.75) is 32.1 Å². The molecule has 1 aromatic carbocycles. The average molecular weight is 394 g/mol. The Hall–Kier alpha value is -2.55. The minimum Gasteiger partial charge on any atom is -0.357 e. The van der Waals surface area contributed by atoms with Crippen LogP contribution in [0.5, 0.6) is 0 Å². The van der Waals surface area contributed by atoms with Gasteiger partial charge < -0.3 is 15.2 Å². The fourth-order valence-corrected chi connectivity index (χ4v) is 3.32. The summed E-state index contributed by atoms with van der Waals surface area (Å²) in [6.07, 6.45) is 1.83. The van der Waals surface area contributed by atoms with Crippen molar-refractivity contribution in [1.29, 1.82) is 0 Å². The number of aliphatic imine (C=N–C) groups is 1. The number of halogens is 3. The summed E-state index contributed by atoms with van der Waals surface area (Å²) in [5.74, 6) is 0.613. The highest BCUT2D eigenvalue weighted by molar-refractivity contribution is 5.80. The maximum Gasteiger partial charge on any atom is 0.401 e. The van der Waals surface area contributed by atoms with Gasteiger partial charge in [-0.3, -0.25) is 4.90 Å². The molecule has 1 unspecified atom stereocenters. The molecule has 1 aliphatic heterocycles. The van der Waals surface area contributed by atoms with E-state index in [4.69, 9.17) is 0 Å². The van der Waals surface area contributed by atoms with Crippen LogP contribution in [0, 0.1) is 0 Å². The Labute approximate surface area is 162 Å². The maximum absolute atomic E-state index is 12.6. The molecule has 6 nitrogen and oxygen atoms in total. The van der Waals surface area contributed by atoms with Gasteiger partial charge in [0.15, 0.2) is 5.96 Å². The molecule has 0 amide bonds. The van der Waals surface area contributed by atoms with Crippen LogP contribution in [-0.2, 0) is 6.54 Å². The van der Waals surface area contributed by atoms with Gasteiger partial charge in [0.25, 0.3) is 0 Å². The van der Waals surface area contributed by atoms with Crippen molar-refractivity contribution in [2.24, 2.45) is 4.99 Å². The number of imidazole rings is 1. The summed E-state index contributed by atoms with van der Waals surface area (Å²) < 4.78 is 39.7. The van der Waals surface area contributed by atoms with Crippen molar-refractivity contribution in [3.05, 3.63) is 48.5 Å². The van der Waals surface area contributed by atoms with Crippen LogP contribution >= 0.6 is 0 Å². The number of rotatable bonds is 6. The summed E-state index contributed by atoms with van der Waals surface area (Å²) in [5.41, 5.74) is 2.03. The number of hydrogen-bond acceptors (Lipinski definition) is 3. The van der Waals surface area contributed by atoms with Crippen LogP contribution in [0.15, 0.2) is 48.0 Å². The van der Waals surface area contributed by atoms with Gasteiger partial charge in [-0.25, -0.2) is 9.98 Å². The third-order valence-corrected chi connectivity index (χ3v) is 4.54. The van der Waals surface area contributed by atoms with E-state index in [0.717, 1.165) is 11.3 Å². The lowest BCUT2D eigenvalue weighted by atomic mass is 10.2. The Morgan fingerprint density at radius 1 is 1.32 bits per heavy atom. The van der Waals surface area contributed by atoms with Gasteiger partial charge in [0.1, 0.15) is 0 Å². The van der Waals surface area contributed by atoms with Crippen LogP contribution in [-0.4, -0.2) is 58.8 Å². The number of nitrogens with one attached hydrogen (secondary N) is 2. The molecule has 0 saturated carbocycles. The van der Waals surface area contributed by atoms with Gasteiger partial charge in [-0.2, -0.15) is 13.2 Å². The molecule has 0 aliphatic carbocycles. The Balaban J connectivity index is 1.64. The molecule has 2 N–H and O–H groups in total. The number of aromatic nitrogens is 2. The van der Waals surface area contributed by atoms with Crippen molar-refractivity contribution >= 4 is 5.96 Å². The third kappa shape index (κ3) is 5.72. The van der Waals surface area contributed by atoms with E-state index in [9.17, 15) is 13.2 Å². The average Bonchev–Trinajstić information content (AvgIpc) is 3.31. The number of likely N-dealkylation sites (tertiary alicyclic amines) is 1. The Bertz CT molecular complexity index is 772. The first-order valence-corrected chi connectivity index (χ1v) is 9.35. The minimum atomic E-state index is -4.16. The van der Waals surface area contributed by atoms with Crippen LogP contribution in [0.1, 0.15) is 18.9 Å². The van der Waals surface area contributed by atoms with Crippen molar-refractivity contribution in [3.8, 4) is 5.69 Å². The molecule has 9 heteroatoms. The molecule has 0 bridgehead atoms. The topological polar surface area (TPSA) is 57.5 Å². The van der Waals surface area contributed by atoms with E-state index >= 15 is 0 Å². The quantitative estimate of drug-likeness (QED) is 0.584. The first-order chi connectivity index (χ1) is 13.4. The number of nitrogens with zero attached hydrogens (tertiary/aromatic N) is 4. The molecule has 28 heavy (non-hydrogen) atoms. The number of alkyl halides is 3. The summed E-state index contributed by atoms with van der Waals surface area (Å²) in [4.78, 5) is 10.1. The molecule has 1 aliphatic rings. The largest absolute Gasteiger partial charge is 0.401 e. The van der Waals surface area contributed by atoms with Crippen LogP contribution in [0.25, 0.3) is 5.69 Å². The molecule has 3 rings (SSSR count). The smallest absolute Gasteiger partial charge is 0.357 e. The molecule has 1 atom stereocenters. The predicted octanol–water partition coefficient (Wildman–Crippen LogP) is 2.56. The second kappa shape index (κ2) is 9.09. The zero-order chi connectivity index (χ0) is 20.0. The molecule has 0 spiro atoms. The zero-order valence-corrected chi connectivity index (χ0v) is 15.8. The van der Waals surface area contributed by atoms with E-state index in [-0.39, 0.29) is 6.04 Å². The van der Waals surface area contributed by atoms with Gasteiger partial charge in [0.05, 0.1) is 25.1 Å². The monoisotopic (exact) mass is 394 g/mol. The van der Waals surface area contributed by atoms with Gasteiger partial charge in [0.2, 0.25) is 0 Å². The summed E-state index contributed by atoms with van der Waals surface area (Å²) in [6, 6.07) is 7.86. The first-order valence-electron chi connectivity index (χ1n) is 9.35. The van der Waals surface area contributed by atoms with Gasteiger partial charge in [-0.15, -0.1) is 0 Å². The third-order valence-electron chi connectivity index (χ3n) is 4.54. The second-order valence-corrected chi connectivity index (χ2v) is 6.77. The zero-order valence-electron chi connectivity index (χ0n) is 15.8. The van der Waals surface area contributed by atoms with Gasteiger partial charge in [-0.05, 0) is 25.0 Å². The highest BCUT2D eigenvalue weighted by Gasteiger charge is 2.34. The second-order valence-electron chi connectivity index (χ2n) is 6.77. The Morgan fingerprint density at radius 3 is 2.86 bits per heavy atom. The van der Waals surface area contributed by atoms with Crippen molar-refractivity contribution in [1.82, 2.24) is 25.1 Å². The molecule has 152 valence electrons. The van der Waals surface area contributed by atoms with Crippen LogP contribution in [0.2, 0.25) is 0 Å². The SMILES string of the molecule is CCNC(=NCc1ccccc1-n1ccnc1)NC1CCN(CC(F)(F)F)C1.